The molecule has 4 saturated heterocycles. The van der Waals surface area contributed by atoms with Gasteiger partial charge in [0.15, 0.2) is 0 Å². The van der Waals surface area contributed by atoms with E-state index < -0.39 is 5.41 Å². The Morgan fingerprint density at radius 2 is 1.96 bits per heavy atom. The zero-order valence-electron chi connectivity index (χ0n) is 15.3. The van der Waals surface area contributed by atoms with Crippen LogP contribution in [0.15, 0.2) is 0 Å². The summed E-state index contributed by atoms with van der Waals surface area (Å²) in [4.78, 5) is 12.4. The summed E-state index contributed by atoms with van der Waals surface area (Å²) in [6, 6.07) is 0. The molecule has 0 aromatic carbocycles. The molecule has 4 saturated carbocycles. The van der Waals surface area contributed by atoms with Crippen LogP contribution in [0.5, 0.6) is 0 Å². The normalized spacial score (nSPS) is 59.8. The molecule has 3 unspecified atom stereocenters. The second kappa shape index (κ2) is 5.53. The van der Waals surface area contributed by atoms with Crippen molar-refractivity contribution in [3.8, 4) is 0 Å². The van der Waals surface area contributed by atoms with Gasteiger partial charge < -0.3 is 19.7 Å². The summed E-state index contributed by atoms with van der Waals surface area (Å²) in [6.45, 7) is 2.41. The molecule has 8 bridgehead atoms. The summed E-state index contributed by atoms with van der Waals surface area (Å²) >= 11 is 0. The number of aliphatic hydroxyl groups is 2. The van der Waals surface area contributed by atoms with E-state index in [-0.39, 0.29) is 36.3 Å². The van der Waals surface area contributed by atoms with E-state index in [0.29, 0.717) is 30.1 Å². The van der Waals surface area contributed by atoms with Crippen LogP contribution in [0, 0.1) is 40.4 Å². The number of aliphatic hydroxyl groups excluding tert-OH is 2. The molecule has 4 aliphatic carbocycles. The van der Waals surface area contributed by atoms with Gasteiger partial charge in [-0.05, 0) is 86.4 Å². The van der Waals surface area contributed by atoms with Gasteiger partial charge in [-0.3, -0.25) is 0 Å². The number of rotatable bonds is 2. The molecular weight excluding hydrogens is 316 g/mol. The Bertz CT molecular complexity index is 564. The number of carbonyl (C=O) groups is 1. The number of carbonyl (C=O) groups excluding carboxylic acids is 1. The minimum atomic E-state index is -0.485. The van der Waals surface area contributed by atoms with E-state index in [1.165, 1.54) is 6.42 Å². The zero-order valence-corrected chi connectivity index (χ0v) is 15.3. The first-order valence-electron chi connectivity index (χ1n) is 10.4. The van der Waals surface area contributed by atoms with Crippen molar-refractivity contribution in [2.75, 3.05) is 6.61 Å². The minimum Gasteiger partial charge on any atom is -0.394 e. The molecule has 4 aliphatic heterocycles. The summed E-state index contributed by atoms with van der Waals surface area (Å²) in [5.41, 5.74) is -0.296. The Balaban J connectivity index is 1.68. The van der Waals surface area contributed by atoms with Gasteiger partial charge in [0.25, 0.3) is 0 Å². The van der Waals surface area contributed by atoms with Crippen molar-refractivity contribution in [2.24, 2.45) is 40.4 Å². The smallest absolute Gasteiger partial charge is 0.126 e. The second-order valence-electron chi connectivity index (χ2n) is 10.0. The van der Waals surface area contributed by atoms with Crippen molar-refractivity contribution in [3.63, 3.8) is 0 Å². The summed E-state index contributed by atoms with van der Waals surface area (Å²) in [5, 5.41) is 21.4. The lowest BCUT2D eigenvalue weighted by Crippen LogP contribution is -2.59. The van der Waals surface area contributed by atoms with Crippen molar-refractivity contribution in [1.82, 2.24) is 0 Å². The molecule has 0 spiro atoms. The summed E-state index contributed by atoms with van der Waals surface area (Å²) in [5.74, 6) is 1.86. The molecule has 4 heteroatoms. The molecule has 0 radical (unpaired) electrons. The standard InChI is InChI=1S/C21H32O4/c1-20-7-6-13-8-12(20)2-3-14-15-4-5-16(18(10-22)25-13)21(15,11-23)9-17(24)19(14)20/h11-19,22,24H,2-10H2,1H3/t12-,13?,14-,15-,16-,17-,18?,19?,20+,21-/m1/s1. The molecule has 8 aliphatic rings. The largest absolute Gasteiger partial charge is 0.394 e. The van der Waals surface area contributed by atoms with Crippen molar-refractivity contribution >= 4 is 6.29 Å². The van der Waals surface area contributed by atoms with Crippen molar-refractivity contribution in [3.05, 3.63) is 0 Å². The maximum atomic E-state index is 12.4. The zero-order chi connectivity index (χ0) is 17.4. The van der Waals surface area contributed by atoms with Crippen LogP contribution in [-0.2, 0) is 9.53 Å². The maximum absolute atomic E-state index is 12.4. The molecule has 0 amide bonds. The topological polar surface area (TPSA) is 66.8 Å². The Labute approximate surface area is 150 Å². The molecule has 25 heavy (non-hydrogen) atoms. The van der Waals surface area contributed by atoms with E-state index in [4.69, 9.17) is 4.74 Å². The lowest BCUT2D eigenvalue weighted by atomic mass is 9.44. The van der Waals surface area contributed by atoms with E-state index in [0.717, 1.165) is 44.8 Å². The Morgan fingerprint density at radius 3 is 2.72 bits per heavy atom. The molecule has 10 atom stereocenters. The fraction of sp³-hybridized carbons (Fsp3) is 0.952. The third kappa shape index (κ3) is 2.02. The summed E-state index contributed by atoms with van der Waals surface area (Å²) in [6.07, 6.45) is 8.93. The van der Waals surface area contributed by atoms with E-state index in [2.05, 4.69) is 6.92 Å². The Morgan fingerprint density at radius 1 is 1.16 bits per heavy atom. The molecule has 0 aromatic heterocycles. The van der Waals surface area contributed by atoms with Crippen molar-refractivity contribution in [2.45, 2.75) is 76.6 Å². The van der Waals surface area contributed by atoms with Crippen LogP contribution < -0.4 is 0 Å². The van der Waals surface area contributed by atoms with Gasteiger partial charge in [0.1, 0.15) is 6.29 Å². The number of hydrogen-bond donors (Lipinski definition) is 2. The summed E-state index contributed by atoms with van der Waals surface area (Å²) in [7, 11) is 0. The Kier molecular flexibility index (Phi) is 3.69. The van der Waals surface area contributed by atoms with Crippen LogP contribution in [0.2, 0.25) is 0 Å². The van der Waals surface area contributed by atoms with Crippen LogP contribution in [0.1, 0.15) is 58.3 Å². The minimum absolute atomic E-state index is 0.00436. The number of ether oxygens (including phenoxy) is 1. The van der Waals surface area contributed by atoms with Crippen LogP contribution in [0.3, 0.4) is 0 Å². The van der Waals surface area contributed by atoms with Gasteiger partial charge in [-0.15, -0.1) is 0 Å². The maximum Gasteiger partial charge on any atom is 0.126 e. The third-order valence-corrected chi connectivity index (χ3v) is 9.44. The monoisotopic (exact) mass is 348 g/mol. The highest BCUT2D eigenvalue weighted by molar-refractivity contribution is 5.62. The van der Waals surface area contributed by atoms with Gasteiger partial charge in [-0.25, -0.2) is 0 Å². The van der Waals surface area contributed by atoms with Crippen LogP contribution in [0.25, 0.3) is 0 Å². The first kappa shape index (κ1) is 16.7. The highest BCUT2D eigenvalue weighted by Gasteiger charge is 2.66. The first-order chi connectivity index (χ1) is 12.0. The van der Waals surface area contributed by atoms with Crippen molar-refractivity contribution in [1.29, 1.82) is 0 Å². The van der Waals surface area contributed by atoms with Crippen molar-refractivity contribution < 1.29 is 19.7 Å². The lowest BCUT2D eigenvalue weighted by Gasteiger charge is -2.61. The van der Waals surface area contributed by atoms with Gasteiger partial charge in [0.2, 0.25) is 0 Å². The molecule has 2 N–H and O–H groups in total. The molecule has 4 nitrogen and oxygen atoms in total. The Hall–Kier alpha value is -0.450. The predicted molar refractivity (Wildman–Crippen MR) is 92.7 cm³/mol. The van der Waals surface area contributed by atoms with Crippen LogP contribution >= 0.6 is 0 Å². The number of hydrogen-bond acceptors (Lipinski definition) is 4. The molecular formula is C21H32O4. The SMILES string of the molecule is C[C@]12CCC3C[C@H]1CC[C@H]1C2[C@H](O)C[C@]2(C=O)[C@H](CC[C@H]12)C(CO)O3. The van der Waals surface area contributed by atoms with E-state index in [9.17, 15) is 15.0 Å². The van der Waals surface area contributed by atoms with E-state index in [1.54, 1.807) is 0 Å². The average Bonchev–Trinajstić information content (AvgIpc) is 2.96. The predicted octanol–water partition coefficient (Wildman–Crippen LogP) is 2.55. The first-order valence-corrected chi connectivity index (χ1v) is 10.4. The quantitative estimate of drug-likeness (QED) is 0.753. The molecule has 0 aromatic rings. The summed E-state index contributed by atoms with van der Waals surface area (Å²) < 4.78 is 6.47. The number of aldehydes is 1. The van der Waals surface area contributed by atoms with Gasteiger partial charge in [-0.1, -0.05) is 6.92 Å². The number of fused-ring (bicyclic) bond motifs is 1. The lowest BCUT2D eigenvalue weighted by molar-refractivity contribution is -0.173. The van der Waals surface area contributed by atoms with E-state index in [1.807, 2.05) is 0 Å². The third-order valence-electron chi connectivity index (χ3n) is 9.44. The fourth-order valence-electron chi connectivity index (χ4n) is 8.47. The molecule has 140 valence electrons. The van der Waals surface area contributed by atoms with Gasteiger partial charge in [0.05, 0.1) is 24.9 Å². The molecule has 8 rings (SSSR count). The van der Waals surface area contributed by atoms with Gasteiger partial charge >= 0.3 is 0 Å². The average molecular weight is 348 g/mol. The van der Waals surface area contributed by atoms with E-state index >= 15 is 0 Å². The van der Waals surface area contributed by atoms with Gasteiger partial charge in [0, 0.05) is 5.41 Å². The highest BCUT2D eigenvalue weighted by Crippen LogP contribution is 2.68. The fourth-order valence-corrected chi connectivity index (χ4v) is 8.47. The second-order valence-corrected chi connectivity index (χ2v) is 10.0. The molecule has 4 heterocycles. The van der Waals surface area contributed by atoms with Gasteiger partial charge in [-0.2, -0.15) is 0 Å². The van der Waals surface area contributed by atoms with Crippen LogP contribution in [0.4, 0.5) is 0 Å². The van der Waals surface area contributed by atoms with Crippen LogP contribution in [-0.4, -0.2) is 41.4 Å². The highest BCUT2D eigenvalue weighted by atomic mass is 16.5. The molecule has 8 fully saturated rings.